The Bertz CT molecular complexity index is 1280. The number of nitrogens with one attached hydrogen (secondary N) is 3. The number of hydrogen-bond acceptors (Lipinski definition) is 7. The minimum Gasteiger partial charge on any atom is -0.390 e. The van der Waals surface area contributed by atoms with E-state index in [-0.39, 0.29) is 0 Å². The molecule has 5 N–H and O–H groups in total. The highest BCUT2D eigenvalue weighted by molar-refractivity contribution is 7.17. The quantitative estimate of drug-likeness (QED) is 0.279. The monoisotopic (exact) mass is 414 g/mol. The molecule has 8 nitrogen and oxygen atoms in total. The van der Waals surface area contributed by atoms with Crippen LogP contribution in [-0.4, -0.2) is 26.5 Å². The van der Waals surface area contributed by atoms with Crippen molar-refractivity contribution in [1.82, 2.24) is 20.2 Å². The molecule has 0 fully saturated rings. The molecule has 148 valence electrons. The van der Waals surface area contributed by atoms with Crippen LogP contribution in [0, 0.1) is 0 Å². The lowest BCUT2D eigenvalue weighted by atomic mass is 10.2. The lowest BCUT2D eigenvalue weighted by molar-refractivity contribution is 1.08. The van der Waals surface area contributed by atoms with Crippen LogP contribution in [0.25, 0.3) is 22.4 Å². The van der Waals surface area contributed by atoms with Gasteiger partial charge in [-0.05, 0) is 47.9 Å². The number of fused-ring (bicyclic) bond motifs is 2. The minimum atomic E-state index is 0.521. The summed E-state index contributed by atoms with van der Waals surface area (Å²) in [6.07, 6.45) is 10.1. The number of aromatic nitrogens is 4. The van der Waals surface area contributed by atoms with Gasteiger partial charge in [-0.2, -0.15) is 10.1 Å². The Labute approximate surface area is 176 Å². The second-order valence-electron chi connectivity index (χ2n) is 6.62. The number of aromatic amines is 1. The van der Waals surface area contributed by atoms with Crippen LogP contribution >= 0.6 is 11.3 Å². The summed E-state index contributed by atoms with van der Waals surface area (Å²) in [7, 11) is 0. The van der Waals surface area contributed by atoms with Gasteiger partial charge >= 0.3 is 0 Å². The molecular weight excluding hydrogens is 396 g/mol. The van der Waals surface area contributed by atoms with Gasteiger partial charge in [-0.15, -0.1) is 11.3 Å². The molecule has 0 spiro atoms. The summed E-state index contributed by atoms with van der Waals surface area (Å²) in [5.41, 5.74) is 11.0. The molecule has 3 aromatic heterocycles. The highest BCUT2D eigenvalue weighted by Crippen LogP contribution is 2.31. The standard InChI is InChI=1S/C21H18N8S/c22-12-23-14-4-6-15(7-5-14)26-21-27-18-8-9-30-19(18)20(28-21)25-16-2-1-3-17-13(10-16)11-24-29-17/h1,3-12H,2H2,(H2,22,23)(H,24,29)(H2,25,26,27,28). The van der Waals surface area contributed by atoms with E-state index >= 15 is 0 Å². The zero-order chi connectivity index (χ0) is 20.3. The number of hydrogen-bond donors (Lipinski definition) is 4. The van der Waals surface area contributed by atoms with Crippen LogP contribution in [0.3, 0.4) is 0 Å². The Hall–Kier alpha value is -3.98. The summed E-state index contributed by atoms with van der Waals surface area (Å²) in [6.45, 7) is 0. The fourth-order valence-corrected chi connectivity index (χ4v) is 3.97. The Balaban J connectivity index is 1.45. The molecule has 0 aliphatic heterocycles. The Morgan fingerprint density at radius 2 is 2.03 bits per heavy atom. The topological polar surface area (TPSA) is 117 Å². The molecule has 0 radical (unpaired) electrons. The molecule has 0 amide bonds. The minimum absolute atomic E-state index is 0.521. The molecule has 5 rings (SSSR count). The maximum atomic E-state index is 5.34. The van der Waals surface area contributed by atoms with Crippen molar-refractivity contribution < 1.29 is 0 Å². The highest BCUT2D eigenvalue weighted by Gasteiger charge is 2.12. The van der Waals surface area contributed by atoms with E-state index in [1.165, 1.54) is 6.34 Å². The number of rotatable bonds is 5. The van der Waals surface area contributed by atoms with Gasteiger partial charge in [0.2, 0.25) is 5.95 Å². The fourth-order valence-electron chi connectivity index (χ4n) is 3.19. The second kappa shape index (κ2) is 7.80. The van der Waals surface area contributed by atoms with Gasteiger partial charge in [-0.25, -0.2) is 9.98 Å². The molecule has 1 aliphatic carbocycles. The highest BCUT2D eigenvalue weighted by atomic mass is 32.1. The van der Waals surface area contributed by atoms with Gasteiger partial charge in [0, 0.05) is 23.4 Å². The first-order chi connectivity index (χ1) is 14.8. The van der Waals surface area contributed by atoms with Crippen LogP contribution < -0.4 is 16.4 Å². The van der Waals surface area contributed by atoms with E-state index < -0.39 is 0 Å². The van der Waals surface area contributed by atoms with E-state index in [4.69, 9.17) is 10.7 Å². The lowest BCUT2D eigenvalue weighted by Crippen LogP contribution is -2.04. The summed E-state index contributed by atoms with van der Waals surface area (Å²) in [5.74, 6) is 1.29. The van der Waals surface area contributed by atoms with Crippen molar-refractivity contribution in [2.45, 2.75) is 6.42 Å². The predicted octanol–water partition coefficient (Wildman–Crippen LogP) is 4.65. The van der Waals surface area contributed by atoms with Crippen LogP contribution in [-0.2, 0) is 0 Å². The van der Waals surface area contributed by atoms with E-state index in [0.29, 0.717) is 5.95 Å². The van der Waals surface area contributed by atoms with Crippen molar-refractivity contribution >= 4 is 63.2 Å². The molecule has 1 aromatic carbocycles. The van der Waals surface area contributed by atoms with E-state index in [1.807, 2.05) is 48.0 Å². The van der Waals surface area contributed by atoms with Crippen molar-refractivity contribution in [3.05, 3.63) is 64.9 Å². The molecule has 0 saturated heterocycles. The smallest absolute Gasteiger partial charge is 0.229 e. The zero-order valence-corrected chi connectivity index (χ0v) is 16.6. The number of aliphatic imine (C=N–C) groups is 1. The summed E-state index contributed by atoms with van der Waals surface area (Å²) in [4.78, 5) is 13.4. The van der Waals surface area contributed by atoms with E-state index in [0.717, 1.165) is 50.8 Å². The third-order valence-corrected chi connectivity index (χ3v) is 5.49. The maximum absolute atomic E-state index is 5.34. The molecule has 3 heterocycles. The summed E-state index contributed by atoms with van der Waals surface area (Å²) in [5, 5.41) is 15.9. The molecule has 0 saturated carbocycles. The second-order valence-corrected chi connectivity index (χ2v) is 7.54. The molecular formula is C21H18N8S. The lowest BCUT2D eigenvalue weighted by Gasteiger charge is -2.12. The molecule has 4 aromatic rings. The third-order valence-electron chi connectivity index (χ3n) is 4.58. The van der Waals surface area contributed by atoms with Crippen molar-refractivity contribution in [1.29, 1.82) is 0 Å². The Morgan fingerprint density at radius 3 is 2.90 bits per heavy atom. The number of H-pyrrole nitrogens is 1. The average molecular weight is 414 g/mol. The molecule has 9 heteroatoms. The van der Waals surface area contributed by atoms with Crippen LogP contribution in [0.5, 0.6) is 0 Å². The summed E-state index contributed by atoms with van der Waals surface area (Å²) in [6, 6.07) is 9.57. The fraction of sp³-hybridized carbons (Fsp3) is 0.0476. The third kappa shape index (κ3) is 3.65. The molecule has 30 heavy (non-hydrogen) atoms. The van der Waals surface area contributed by atoms with E-state index in [9.17, 15) is 0 Å². The SMILES string of the molecule is NC=Nc1ccc(Nc2nc(NC3=Cc4cn[nH]c4C=CC3)c3sccc3n2)cc1. The Morgan fingerprint density at radius 1 is 1.13 bits per heavy atom. The van der Waals surface area contributed by atoms with Gasteiger partial charge in [0.25, 0.3) is 0 Å². The number of nitrogens with zero attached hydrogens (tertiary/aromatic N) is 4. The van der Waals surface area contributed by atoms with E-state index in [2.05, 4.69) is 43.0 Å². The van der Waals surface area contributed by atoms with E-state index in [1.54, 1.807) is 11.3 Å². The molecule has 0 unspecified atom stereocenters. The Kier molecular flexibility index (Phi) is 4.70. The number of nitrogens with two attached hydrogens (primary N) is 1. The maximum Gasteiger partial charge on any atom is 0.229 e. The molecule has 1 aliphatic rings. The normalized spacial score (nSPS) is 13.3. The largest absolute Gasteiger partial charge is 0.390 e. The first kappa shape index (κ1) is 18.1. The van der Waals surface area contributed by atoms with Crippen molar-refractivity contribution in [3.63, 3.8) is 0 Å². The number of benzene rings is 1. The summed E-state index contributed by atoms with van der Waals surface area (Å²) >= 11 is 1.61. The van der Waals surface area contributed by atoms with Crippen molar-refractivity contribution in [2.75, 3.05) is 10.6 Å². The van der Waals surface area contributed by atoms with Gasteiger partial charge in [0.1, 0.15) is 0 Å². The molecule has 0 atom stereocenters. The van der Waals surface area contributed by atoms with Crippen molar-refractivity contribution in [2.24, 2.45) is 10.7 Å². The first-order valence-electron chi connectivity index (χ1n) is 9.32. The van der Waals surface area contributed by atoms with Gasteiger partial charge in [0.15, 0.2) is 5.82 Å². The van der Waals surface area contributed by atoms with Crippen LogP contribution in [0.15, 0.2) is 58.7 Å². The first-order valence-corrected chi connectivity index (χ1v) is 10.2. The van der Waals surface area contributed by atoms with Gasteiger partial charge in [0.05, 0.1) is 34.1 Å². The van der Waals surface area contributed by atoms with Gasteiger partial charge in [-0.1, -0.05) is 6.08 Å². The number of thiophene rings is 1. The van der Waals surface area contributed by atoms with Gasteiger partial charge in [-0.3, -0.25) is 5.10 Å². The predicted molar refractivity (Wildman–Crippen MR) is 123 cm³/mol. The zero-order valence-electron chi connectivity index (χ0n) is 15.8. The van der Waals surface area contributed by atoms with Crippen LogP contribution in [0.1, 0.15) is 17.7 Å². The van der Waals surface area contributed by atoms with Crippen LogP contribution in [0.4, 0.5) is 23.1 Å². The van der Waals surface area contributed by atoms with Crippen LogP contribution in [0.2, 0.25) is 0 Å². The summed E-state index contributed by atoms with van der Waals surface area (Å²) < 4.78 is 1.01. The number of anilines is 3. The number of allylic oxidation sites excluding steroid dienone is 1. The molecule has 0 bridgehead atoms. The van der Waals surface area contributed by atoms with Gasteiger partial charge < -0.3 is 16.4 Å². The average Bonchev–Trinajstić information content (AvgIpc) is 3.35. The van der Waals surface area contributed by atoms with Crippen molar-refractivity contribution in [3.8, 4) is 0 Å².